The fraction of sp³-hybridized carbons (Fsp3) is 0.464. The zero-order chi connectivity index (χ0) is 28.3. The minimum atomic E-state index is -2.75. The number of pyridine rings is 2. The Morgan fingerprint density at radius 1 is 1.13 bits per heavy atom. The van der Waals surface area contributed by atoms with Gasteiger partial charge in [0, 0.05) is 40.9 Å². The van der Waals surface area contributed by atoms with E-state index in [-0.39, 0.29) is 40.2 Å². The van der Waals surface area contributed by atoms with Crippen LogP contribution in [0.2, 0.25) is 0 Å². The Labute approximate surface area is 225 Å². The van der Waals surface area contributed by atoms with Crippen LogP contribution in [0.25, 0.3) is 11.1 Å². The molecule has 2 heterocycles. The summed E-state index contributed by atoms with van der Waals surface area (Å²) in [4.78, 5) is 37.6. The lowest BCUT2D eigenvalue weighted by Crippen LogP contribution is -2.80. The van der Waals surface area contributed by atoms with Crippen molar-refractivity contribution in [3.8, 4) is 11.1 Å². The molecule has 2 aromatic heterocycles. The maximum absolute atomic E-state index is 15.1. The Morgan fingerprint density at radius 2 is 1.79 bits per heavy atom. The van der Waals surface area contributed by atoms with Crippen LogP contribution in [0, 0.1) is 30.6 Å². The van der Waals surface area contributed by atoms with Crippen molar-refractivity contribution in [1.82, 2.24) is 15.3 Å². The van der Waals surface area contributed by atoms with Crippen molar-refractivity contribution in [1.29, 1.82) is 0 Å². The smallest absolute Gasteiger partial charge is 0.316 e. The number of carbonyl (C=O) groups is 2. The number of carbonyl (C=O) groups excluding carboxylic acids is 2. The fourth-order valence-electron chi connectivity index (χ4n) is 4.89. The number of hydrogen-bond donors (Lipinski definition) is 4. The van der Waals surface area contributed by atoms with Crippen molar-refractivity contribution in [2.75, 3.05) is 5.32 Å². The van der Waals surface area contributed by atoms with E-state index in [1.807, 2.05) is 13.8 Å². The second-order valence-electron chi connectivity index (χ2n) is 10.5. The van der Waals surface area contributed by atoms with Crippen LogP contribution in [0.3, 0.4) is 0 Å². The lowest BCUT2D eigenvalue weighted by molar-refractivity contribution is -0.491. The van der Waals surface area contributed by atoms with Crippen LogP contribution in [-0.2, 0) is 9.59 Å². The first-order valence-electron chi connectivity index (χ1n) is 13.1. The largest absolute Gasteiger partial charge is 0.404 e. The molecule has 208 valence electrons. The van der Waals surface area contributed by atoms with Crippen molar-refractivity contribution in [3.63, 3.8) is 0 Å². The van der Waals surface area contributed by atoms with Gasteiger partial charge in [0.15, 0.2) is 0 Å². The van der Waals surface area contributed by atoms with E-state index in [0.29, 0.717) is 17.5 Å². The average Bonchev–Trinajstić information content (AvgIpc) is 3.79. The molecule has 1 unspecified atom stereocenters. The summed E-state index contributed by atoms with van der Waals surface area (Å²) in [7, 11) is 0. The molecule has 2 aliphatic carbocycles. The third-order valence-corrected chi connectivity index (χ3v) is 6.99. The van der Waals surface area contributed by atoms with E-state index in [2.05, 4.69) is 25.6 Å². The normalized spacial score (nSPS) is 16.8. The topological polar surface area (TPSA) is 124 Å². The van der Waals surface area contributed by atoms with E-state index in [1.54, 1.807) is 6.92 Å². The van der Waals surface area contributed by atoms with Gasteiger partial charge in [-0.2, -0.15) is 4.39 Å². The number of amides is 2. The highest BCUT2D eigenvalue weighted by Crippen LogP contribution is 2.50. The molecule has 2 saturated carbocycles. The molecule has 39 heavy (non-hydrogen) atoms. The van der Waals surface area contributed by atoms with Crippen LogP contribution in [0.1, 0.15) is 57.2 Å². The molecule has 2 amide bonds. The monoisotopic (exact) mass is 543 g/mol. The SMILES string of the molecule is Cc1ncc(C(F)F)cc1-c1ccc(NC(=O)C(NC(=O)C(/C=C\N)=[NH+]C(C)C)C(C2CC2)C2CC2)nc1F. The second kappa shape index (κ2) is 12.0. The highest BCUT2D eigenvalue weighted by Gasteiger charge is 2.48. The van der Waals surface area contributed by atoms with E-state index in [0.717, 1.165) is 31.9 Å². The summed E-state index contributed by atoms with van der Waals surface area (Å²) in [5.74, 6) is -1.35. The van der Waals surface area contributed by atoms with Gasteiger partial charge in [-0.15, -0.1) is 0 Å². The molecule has 2 aromatic rings. The number of aromatic nitrogens is 2. The van der Waals surface area contributed by atoms with Crippen molar-refractivity contribution in [3.05, 3.63) is 53.9 Å². The Balaban J connectivity index is 1.58. The van der Waals surface area contributed by atoms with E-state index < -0.39 is 30.2 Å². The predicted octanol–water partition coefficient (Wildman–Crippen LogP) is 2.79. The number of nitrogens with zero attached hydrogens (tertiary/aromatic N) is 2. The summed E-state index contributed by atoms with van der Waals surface area (Å²) in [5, 5.41) is 5.54. The molecule has 5 N–H and O–H groups in total. The number of anilines is 1. The Bertz CT molecular complexity index is 1280. The van der Waals surface area contributed by atoms with Crippen LogP contribution in [0.5, 0.6) is 0 Å². The van der Waals surface area contributed by atoms with Gasteiger partial charge in [0.05, 0.1) is 0 Å². The molecule has 0 bridgehead atoms. The summed E-state index contributed by atoms with van der Waals surface area (Å²) < 4.78 is 41.4. The van der Waals surface area contributed by atoms with E-state index >= 15 is 4.39 Å². The fourth-order valence-corrected chi connectivity index (χ4v) is 4.89. The summed E-state index contributed by atoms with van der Waals surface area (Å²) in [6.07, 6.45) is 4.93. The van der Waals surface area contributed by atoms with Crippen molar-refractivity contribution < 1.29 is 27.8 Å². The Morgan fingerprint density at radius 3 is 2.33 bits per heavy atom. The molecule has 8 nitrogen and oxygen atoms in total. The molecule has 11 heteroatoms. The van der Waals surface area contributed by atoms with Gasteiger partial charge in [-0.1, -0.05) is 0 Å². The number of rotatable bonds is 11. The summed E-state index contributed by atoms with van der Waals surface area (Å²) >= 11 is 0. The van der Waals surface area contributed by atoms with Gasteiger partial charge in [-0.05, 0) is 82.4 Å². The van der Waals surface area contributed by atoms with Gasteiger partial charge < -0.3 is 16.4 Å². The van der Waals surface area contributed by atoms with Crippen LogP contribution in [-0.4, -0.2) is 39.6 Å². The lowest BCUT2D eigenvalue weighted by Gasteiger charge is -2.27. The number of nitrogens with two attached hydrogens (primary N) is 1. The molecule has 0 radical (unpaired) electrons. The molecular formula is C28H34F3N6O2+. The Kier molecular flexibility index (Phi) is 8.66. The molecule has 1 atom stereocenters. The third-order valence-electron chi connectivity index (χ3n) is 6.99. The minimum Gasteiger partial charge on any atom is -0.404 e. The predicted molar refractivity (Wildman–Crippen MR) is 141 cm³/mol. The van der Waals surface area contributed by atoms with Crippen LogP contribution < -0.4 is 21.4 Å². The maximum atomic E-state index is 15.1. The molecule has 0 aliphatic heterocycles. The second-order valence-corrected chi connectivity index (χ2v) is 10.5. The summed E-state index contributed by atoms with van der Waals surface area (Å²) in [6.45, 7) is 5.34. The number of nitrogens with one attached hydrogen (secondary N) is 3. The van der Waals surface area contributed by atoms with Crippen molar-refractivity contribution in [2.45, 2.75) is 65.0 Å². The van der Waals surface area contributed by atoms with Gasteiger partial charge in [0.2, 0.25) is 11.9 Å². The zero-order valence-corrected chi connectivity index (χ0v) is 22.2. The first kappa shape index (κ1) is 28.3. The van der Waals surface area contributed by atoms with E-state index in [9.17, 15) is 18.4 Å². The average molecular weight is 544 g/mol. The molecule has 4 rings (SSSR count). The van der Waals surface area contributed by atoms with Crippen molar-refractivity contribution >= 4 is 23.3 Å². The standard InChI is InChI=1S/C28H33F3N6O2/c1-14(2)34-21(10-11-32)27(38)37-24(23(16-4-5-16)17-6-7-17)28(39)36-22-9-8-19(26(31)35-22)20-12-18(25(29)30)13-33-15(20)3/h8-14,16-17,23-25H,4-7,32H2,1-3H3,(H,37,38)(H,35,36,39)/p+1/b11-10-,34-21?. The van der Waals surface area contributed by atoms with Gasteiger partial charge in [-0.3, -0.25) is 14.6 Å². The molecule has 0 saturated heterocycles. The molecule has 2 aliphatic rings. The van der Waals surface area contributed by atoms with E-state index in [1.165, 1.54) is 30.5 Å². The number of hydrogen-bond acceptors (Lipinski definition) is 5. The quantitative estimate of drug-likeness (QED) is 0.256. The van der Waals surface area contributed by atoms with Gasteiger partial charge in [-0.25, -0.2) is 18.8 Å². The lowest BCUT2D eigenvalue weighted by atomic mass is 9.88. The number of alkyl halides is 2. The minimum absolute atomic E-state index is 0.00763. The molecule has 2 fully saturated rings. The zero-order valence-electron chi connectivity index (χ0n) is 22.2. The summed E-state index contributed by atoms with van der Waals surface area (Å²) in [6, 6.07) is 3.06. The maximum Gasteiger partial charge on any atom is 0.316 e. The van der Waals surface area contributed by atoms with Crippen molar-refractivity contribution in [2.24, 2.45) is 23.5 Å². The van der Waals surface area contributed by atoms with Gasteiger partial charge in [0.1, 0.15) is 17.9 Å². The van der Waals surface area contributed by atoms with Crippen LogP contribution in [0.4, 0.5) is 19.0 Å². The van der Waals surface area contributed by atoms with E-state index in [4.69, 9.17) is 5.73 Å². The Hall–Kier alpha value is -3.76. The van der Waals surface area contributed by atoms with Crippen LogP contribution >= 0.6 is 0 Å². The third kappa shape index (κ3) is 7.01. The first-order chi connectivity index (χ1) is 18.6. The van der Waals surface area contributed by atoms with Gasteiger partial charge in [0.25, 0.3) is 12.1 Å². The summed E-state index contributed by atoms with van der Waals surface area (Å²) in [5.41, 5.74) is 5.98. The van der Waals surface area contributed by atoms with Gasteiger partial charge >= 0.3 is 5.91 Å². The van der Waals surface area contributed by atoms with Crippen LogP contribution in [0.15, 0.2) is 36.7 Å². The molecule has 0 spiro atoms. The first-order valence-corrected chi connectivity index (χ1v) is 13.1. The molecule has 0 aromatic carbocycles. The highest BCUT2D eigenvalue weighted by atomic mass is 19.3. The molecular weight excluding hydrogens is 509 g/mol. The highest BCUT2D eigenvalue weighted by molar-refractivity contribution is 6.41. The number of aryl methyl sites for hydroxylation is 1. The number of halogens is 3.